The van der Waals surface area contributed by atoms with Crippen molar-refractivity contribution in [3.8, 4) is 44.5 Å². The van der Waals surface area contributed by atoms with E-state index in [1.807, 2.05) is 18.2 Å². The maximum atomic E-state index is 5.36. The van der Waals surface area contributed by atoms with Gasteiger partial charge in [0.15, 0.2) is 0 Å². The molecule has 0 saturated heterocycles. The van der Waals surface area contributed by atoms with Crippen LogP contribution in [-0.2, 0) is 25.9 Å². The molecule has 4 aromatic carbocycles. The predicted molar refractivity (Wildman–Crippen MR) is 216 cm³/mol. The van der Waals surface area contributed by atoms with Crippen LogP contribution in [0.25, 0.3) is 90.9 Å². The SMILES string of the molecule is BrCCc1ccc(-c2c3nc(c(-c4ccccc4)c4ccc([n-]4)c(-c4ccccc4)c4nc(c(-c5ccccc5)c5ccc2[n-]5)C=C4)C=C3)cc1.[Zn+2]. The average Bonchev–Trinajstić information content (AvgIpc) is 4.02. The Morgan fingerprint density at radius 2 is 0.692 bits per heavy atom. The second kappa shape index (κ2) is 14.7. The minimum absolute atomic E-state index is 0. The van der Waals surface area contributed by atoms with Gasteiger partial charge in [-0.1, -0.05) is 155 Å². The fourth-order valence-corrected chi connectivity index (χ4v) is 7.49. The smallest absolute Gasteiger partial charge is 0.657 e. The van der Waals surface area contributed by atoms with E-state index in [1.165, 1.54) is 5.56 Å². The van der Waals surface area contributed by atoms with E-state index in [-0.39, 0.29) is 19.5 Å². The fourth-order valence-electron chi connectivity index (χ4n) is 7.03. The minimum Gasteiger partial charge on any atom is -0.657 e. The van der Waals surface area contributed by atoms with E-state index >= 15 is 0 Å². The van der Waals surface area contributed by atoms with Crippen molar-refractivity contribution in [3.05, 3.63) is 168 Å². The number of alkyl halides is 1. The molecule has 0 aliphatic carbocycles. The molecule has 3 aromatic heterocycles. The summed E-state index contributed by atoms with van der Waals surface area (Å²) in [6.45, 7) is 0. The Kier molecular flexibility index (Phi) is 9.51. The van der Waals surface area contributed by atoms with E-state index in [4.69, 9.17) is 19.9 Å². The van der Waals surface area contributed by atoms with Gasteiger partial charge in [0.05, 0.1) is 22.8 Å². The Labute approximate surface area is 324 Å². The Balaban J connectivity index is 0.00000387. The standard InChI is InChI=1S/C46H31BrN4.Zn/c47-29-28-30-16-18-34(19-17-30)46-41-26-24-39(50-41)44(32-12-6-2-7-13-32)37-22-20-35(48-37)43(31-10-4-1-5-11-31)36-21-23-38(49-36)45(33-14-8-3-9-15-33)40-25-27-42(46)51-40;/h1-27H,28-29H2;/q-2;+2. The molecular weight excluding hydrogens is 754 g/mol. The van der Waals surface area contributed by atoms with Crippen molar-refractivity contribution in [2.45, 2.75) is 6.42 Å². The molecule has 0 N–H and O–H groups in total. The number of benzene rings is 4. The number of hydrogen-bond donors (Lipinski definition) is 0. The summed E-state index contributed by atoms with van der Waals surface area (Å²) in [6.07, 6.45) is 9.40. The summed E-state index contributed by atoms with van der Waals surface area (Å²) >= 11 is 3.59. The summed E-state index contributed by atoms with van der Waals surface area (Å²) in [5.41, 5.74) is 16.3. The first-order chi connectivity index (χ1) is 25.2. The van der Waals surface area contributed by atoms with Gasteiger partial charge < -0.3 is 9.97 Å². The maximum Gasteiger partial charge on any atom is 2.00 e. The van der Waals surface area contributed by atoms with E-state index in [2.05, 4.69) is 162 Å². The van der Waals surface area contributed by atoms with E-state index < -0.39 is 0 Å². The van der Waals surface area contributed by atoms with Gasteiger partial charge in [-0.3, -0.25) is 0 Å². The van der Waals surface area contributed by atoms with Crippen molar-refractivity contribution in [2.24, 2.45) is 0 Å². The van der Waals surface area contributed by atoms with Crippen molar-refractivity contribution in [1.82, 2.24) is 19.9 Å². The second-order valence-electron chi connectivity index (χ2n) is 12.6. The molecule has 7 aromatic rings. The zero-order valence-corrected chi connectivity index (χ0v) is 32.9. The number of fused-ring (bicyclic) bond motifs is 8. The third-order valence-electron chi connectivity index (χ3n) is 9.42. The molecule has 0 radical (unpaired) electrons. The number of halogens is 1. The minimum atomic E-state index is 0. The van der Waals surface area contributed by atoms with E-state index in [1.54, 1.807) is 0 Å². The van der Waals surface area contributed by atoms with Gasteiger partial charge in [-0.25, -0.2) is 9.97 Å². The summed E-state index contributed by atoms with van der Waals surface area (Å²) in [7, 11) is 0. The van der Waals surface area contributed by atoms with Crippen molar-refractivity contribution in [1.29, 1.82) is 0 Å². The third-order valence-corrected chi connectivity index (χ3v) is 9.82. The van der Waals surface area contributed by atoms with Crippen LogP contribution in [-0.4, -0.2) is 15.3 Å². The van der Waals surface area contributed by atoms with Crippen LogP contribution in [0.4, 0.5) is 0 Å². The Hall–Kier alpha value is -5.42. The summed E-state index contributed by atoms with van der Waals surface area (Å²) in [6, 6.07) is 48.5. The second-order valence-corrected chi connectivity index (χ2v) is 13.4. The van der Waals surface area contributed by atoms with Crippen LogP contribution in [0.5, 0.6) is 0 Å². The number of aromatic nitrogens is 4. The van der Waals surface area contributed by atoms with Crippen molar-refractivity contribution in [3.63, 3.8) is 0 Å². The van der Waals surface area contributed by atoms with Crippen molar-refractivity contribution >= 4 is 62.3 Å². The summed E-state index contributed by atoms with van der Waals surface area (Å²) in [5.74, 6) is 0. The molecule has 5 heterocycles. The molecule has 0 unspecified atom stereocenters. The monoisotopic (exact) mass is 782 g/mol. The molecule has 0 spiro atoms. The van der Waals surface area contributed by atoms with Crippen molar-refractivity contribution in [2.75, 3.05) is 5.33 Å². The van der Waals surface area contributed by atoms with Gasteiger partial charge in [-0.15, -0.1) is 22.1 Å². The molecule has 6 heteroatoms. The first-order valence-electron chi connectivity index (χ1n) is 17.1. The van der Waals surface area contributed by atoms with Crippen LogP contribution in [0.1, 0.15) is 28.3 Å². The number of nitrogens with zero attached hydrogens (tertiary/aromatic N) is 4. The quantitative estimate of drug-likeness (QED) is 0.124. The molecule has 8 bridgehead atoms. The van der Waals surface area contributed by atoms with Gasteiger partial charge in [0.2, 0.25) is 0 Å². The number of aryl methyl sites for hydroxylation is 1. The van der Waals surface area contributed by atoms with Crippen molar-refractivity contribution < 1.29 is 19.5 Å². The van der Waals surface area contributed by atoms with E-state index in [9.17, 15) is 0 Å². The molecule has 0 atom stereocenters. The Bertz CT molecular complexity index is 2580. The topological polar surface area (TPSA) is 54.0 Å². The van der Waals surface area contributed by atoms with Gasteiger partial charge in [-0.2, -0.15) is 0 Å². The van der Waals surface area contributed by atoms with Gasteiger partial charge >= 0.3 is 19.5 Å². The predicted octanol–water partition coefficient (Wildman–Crippen LogP) is 11.5. The summed E-state index contributed by atoms with van der Waals surface area (Å²) in [5, 5.41) is 0.917. The molecule has 4 nitrogen and oxygen atoms in total. The van der Waals surface area contributed by atoms with Crippen LogP contribution in [0.3, 0.4) is 0 Å². The van der Waals surface area contributed by atoms with Gasteiger partial charge in [0.1, 0.15) is 0 Å². The largest absolute Gasteiger partial charge is 2.00 e. The van der Waals surface area contributed by atoms with E-state index in [0.717, 1.165) is 101 Å². The van der Waals surface area contributed by atoms with Gasteiger partial charge in [-0.05, 0) is 80.8 Å². The summed E-state index contributed by atoms with van der Waals surface area (Å²) in [4.78, 5) is 21.4. The van der Waals surface area contributed by atoms with Crippen LogP contribution >= 0.6 is 15.9 Å². The first kappa shape index (κ1) is 33.7. The zero-order valence-electron chi connectivity index (χ0n) is 28.4. The maximum absolute atomic E-state index is 5.36. The van der Waals surface area contributed by atoms with Crippen LogP contribution in [0, 0.1) is 0 Å². The van der Waals surface area contributed by atoms with E-state index in [0.29, 0.717) is 0 Å². The normalized spacial score (nSPS) is 11.8. The molecule has 0 amide bonds. The summed E-state index contributed by atoms with van der Waals surface area (Å²) < 4.78 is 0. The average molecular weight is 785 g/mol. The Morgan fingerprint density at radius 3 is 1.00 bits per heavy atom. The number of rotatable bonds is 6. The molecular formula is C46H31BrN4Zn. The molecule has 9 rings (SSSR count). The molecule has 2 aliphatic rings. The first-order valence-corrected chi connectivity index (χ1v) is 18.2. The molecule has 0 saturated carbocycles. The van der Waals surface area contributed by atoms with Crippen LogP contribution < -0.4 is 9.97 Å². The fraction of sp³-hybridized carbons (Fsp3) is 0.0435. The van der Waals surface area contributed by atoms with Gasteiger partial charge in [0, 0.05) is 5.33 Å². The molecule has 2 aliphatic heterocycles. The zero-order chi connectivity index (χ0) is 34.1. The Morgan fingerprint density at radius 1 is 0.385 bits per heavy atom. The molecule has 52 heavy (non-hydrogen) atoms. The molecule has 244 valence electrons. The van der Waals surface area contributed by atoms with Gasteiger partial charge in [0.25, 0.3) is 0 Å². The third kappa shape index (κ3) is 6.34. The van der Waals surface area contributed by atoms with Crippen LogP contribution in [0.15, 0.2) is 140 Å². The van der Waals surface area contributed by atoms with Crippen LogP contribution in [0.2, 0.25) is 0 Å². The molecule has 0 fully saturated rings. The number of hydrogen-bond acceptors (Lipinski definition) is 2.